The van der Waals surface area contributed by atoms with Crippen LogP contribution in [0.1, 0.15) is 24.8 Å². The topological polar surface area (TPSA) is 75.3 Å². The van der Waals surface area contributed by atoms with E-state index in [1.807, 2.05) is 18.2 Å². The quantitative estimate of drug-likeness (QED) is 0.893. The van der Waals surface area contributed by atoms with Crippen LogP contribution in [0, 0.1) is 5.92 Å². The molecule has 6 heteroatoms. The molecule has 0 aliphatic carbocycles. The molecule has 1 unspecified atom stereocenters. The van der Waals surface area contributed by atoms with Gasteiger partial charge in [0, 0.05) is 24.3 Å². The van der Waals surface area contributed by atoms with Crippen LogP contribution < -0.4 is 10.6 Å². The number of sulfone groups is 1. The van der Waals surface area contributed by atoms with E-state index in [1.54, 1.807) is 0 Å². The molecule has 1 aromatic carbocycles. The van der Waals surface area contributed by atoms with Crippen LogP contribution in [-0.4, -0.2) is 32.4 Å². The third-order valence-electron chi connectivity index (χ3n) is 4.13. The molecule has 0 radical (unpaired) electrons. The van der Waals surface area contributed by atoms with Crippen molar-refractivity contribution in [3.8, 4) is 0 Å². The molecule has 2 aliphatic rings. The van der Waals surface area contributed by atoms with Crippen LogP contribution in [0.25, 0.3) is 0 Å². The Morgan fingerprint density at radius 2 is 2.24 bits per heavy atom. The highest BCUT2D eigenvalue weighted by molar-refractivity contribution is 7.91. The van der Waals surface area contributed by atoms with E-state index in [2.05, 4.69) is 10.6 Å². The number of rotatable bonds is 3. The van der Waals surface area contributed by atoms with E-state index in [4.69, 9.17) is 0 Å². The first kappa shape index (κ1) is 14.4. The molecule has 2 heterocycles. The molecule has 0 aromatic heterocycles. The highest BCUT2D eigenvalue weighted by atomic mass is 32.2. The minimum absolute atomic E-state index is 0.0331. The molecule has 1 atom stereocenters. The molecule has 0 spiro atoms. The Kier molecular flexibility index (Phi) is 3.89. The van der Waals surface area contributed by atoms with Crippen molar-refractivity contribution in [1.82, 2.24) is 0 Å². The zero-order valence-corrected chi connectivity index (χ0v) is 12.7. The molecule has 1 aromatic rings. The minimum Gasteiger partial charge on any atom is -0.385 e. The van der Waals surface area contributed by atoms with Crippen molar-refractivity contribution in [3.05, 3.63) is 23.8 Å². The Hall–Kier alpha value is -1.56. The number of amides is 1. The number of aryl methyl sites for hydroxylation is 1. The van der Waals surface area contributed by atoms with Gasteiger partial charge in [-0.3, -0.25) is 4.79 Å². The predicted octanol–water partition coefficient (Wildman–Crippen LogP) is 1.81. The van der Waals surface area contributed by atoms with Crippen molar-refractivity contribution >= 4 is 27.1 Å². The third kappa shape index (κ3) is 3.56. The number of anilines is 2. The lowest BCUT2D eigenvalue weighted by Crippen LogP contribution is -2.18. The number of carbonyl (C=O) groups excluding carboxylic acids is 1. The van der Waals surface area contributed by atoms with Gasteiger partial charge in [0.25, 0.3) is 0 Å². The Labute approximate surface area is 125 Å². The normalized spacial score (nSPS) is 23.1. The van der Waals surface area contributed by atoms with E-state index in [0.717, 1.165) is 30.8 Å². The van der Waals surface area contributed by atoms with Crippen LogP contribution in [0.4, 0.5) is 11.4 Å². The average molecular weight is 308 g/mol. The Balaban J connectivity index is 1.60. The van der Waals surface area contributed by atoms with E-state index in [9.17, 15) is 13.2 Å². The molecule has 2 aliphatic heterocycles. The van der Waals surface area contributed by atoms with Gasteiger partial charge >= 0.3 is 0 Å². The lowest BCUT2D eigenvalue weighted by molar-refractivity contribution is -0.116. The highest BCUT2D eigenvalue weighted by Crippen LogP contribution is 2.26. The fourth-order valence-electron chi connectivity index (χ4n) is 3.06. The number of carbonyl (C=O) groups is 1. The number of hydrogen-bond donors (Lipinski definition) is 2. The number of nitrogens with one attached hydrogen (secondary N) is 2. The lowest BCUT2D eigenvalue weighted by Gasteiger charge is -2.19. The van der Waals surface area contributed by atoms with E-state index in [0.29, 0.717) is 6.42 Å². The van der Waals surface area contributed by atoms with Gasteiger partial charge in [-0.2, -0.15) is 0 Å². The van der Waals surface area contributed by atoms with E-state index >= 15 is 0 Å². The molecular formula is C15H20N2O3S. The van der Waals surface area contributed by atoms with Crippen LogP contribution in [0.5, 0.6) is 0 Å². The van der Waals surface area contributed by atoms with Gasteiger partial charge in [0.05, 0.1) is 11.5 Å². The summed E-state index contributed by atoms with van der Waals surface area (Å²) < 4.78 is 22.8. The molecular weight excluding hydrogens is 288 g/mol. The second kappa shape index (κ2) is 5.67. The molecule has 21 heavy (non-hydrogen) atoms. The van der Waals surface area contributed by atoms with Gasteiger partial charge in [-0.1, -0.05) is 0 Å². The van der Waals surface area contributed by atoms with E-state index in [1.165, 1.54) is 5.56 Å². The summed E-state index contributed by atoms with van der Waals surface area (Å²) in [5, 5.41) is 6.22. The fourth-order valence-corrected chi connectivity index (χ4v) is 4.92. The molecule has 5 nitrogen and oxygen atoms in total. The molecule has 0 saturated carbocycles. The number of fused-ring (bicyclic) bond motifs is 1. The van der Waals surface area contributed by atoms with Crippen molar-refractivity contribution < 1.29 is 13.2 Å². The van der Waals surface area contributed by atoms with Crippen molar-refractivity contribution in [2.75, 3.05) is 28.7 Å². The SMILES string of the molecule is O=C(CC1CCS(=O)(=O)C1)Nc1ccc2c(c1)CCCN2. The predicted molar refractivity (Wildman–Crippen MR) is 83.3 cm³/mol. The van der Waals surface area contributed by atoms with Gasteiger partial charge in [0.2, 0.25) is 5.91 Å². The smallest absolute Gasteiger partial charge is 0.224 e. The van der Waals surface area contributed by atoms with Crippen LogP contribution in [0.3, 0.4) is 0 Å². The van der Waals surface area contributed by atoms with Gasteiger partial charge < -0.3 is 10.6 Å². The van der Waals surface area contributed by atoms with Crippen LogP contribution in [-0.2, 0) is 21.1 Å². The number of hydrogen-bond acceptors (Lipinski definition) is 4. The molecule has 2 N–H and O–H groups in total. The summed E-state index contributed by atoms with van der Waals surface area (Å²) in [5.74, 6) is 0.236. The van der Waals surface area contributed by atoms with Gasteiger partial charge in [-0.25, -0.2) is 8.42 Å². The maximum Gasteiger partial charge on any atom is 0.224 e. The largest absolute Gasteiger partial charge is 0.385 e. The standard InChI is InChI=1S/C15H20N2O3S/c18-15(8-11-5-7-21(19,20)10-11)17-13-3-4-14-12(9-13)2-1-6-16-14/h3-4,9,11,16H,1-2,5-8,10H2,(H,17,18). The molecule has 1 amide bonds. The summed E-state index contributed by atoms with van der Waals surface area (Å²) in [4.78, 5) is 12.0. The summed E-state index contributed by atoms with van der Waals surface area (Å²) in [6.45, 7) is 0.995. The number of benzene rings is 1. The molecule has 1 saturated heterocycles. The second-order valence-corrected chi connectivity index (χ2v) is 8.15. The maximum atomic E-state index is 12.0. The molecule has 1 fully saturated rings. The minimum atomic E-state index is -2.91. The third-order valence-corrected chi connectivity index (χ3v) is 5.97. The first-order chi connectivity index (χ1) is 10.0. The fraction of sp³-hybridized carbons (Fsp3) is 0.533. The van der Waals surface area contributed by atoms with Crippen LogP contribution in [0.2, 0.25) is 0 Å². The first-order valence-electron chi connectivity index (χ1n) is 7.39. The Bertz CT molecular complexity index is 655. The zero-order valence-electron chi connectivity index (χ0n) is 11.9. The average Bonchev–Trinajstić information content (AvgIpc) is 2.77. The molecule has 114 valence electrons. The summed E-state index contributed by atoms with van der Waals surface area (Å²) in [5.41, 5.74) is 3.16. The zero-order chi connectivity index (χ0) is 14.9. The van der Waals surface area contributed by atoms with Crippen molar-refractivity contribution in [1.29, 1.82) is 0 Å². The van der Waals surface area contributed by atoms with Gasteiger partial charge in [-0.05, 0) is 48.9 Å². The monoisotopic (exact) mass is 308 g/mol. The summed E-state index contributed by atoms with van der Waals surface area (Å²) in [6, 6.07) is 5.88. The highest BCUT2D eigenvalue weighted by Gasteiger charge is 2.29. The van der Waals surface area contributed by atoms with Crippen LogP contribution in [0.15, 0.2) is 18.2 Å². The summed E-state index contributed by atoms with van der Waals surface area (Å²) >= 11 is 0. The first-order valence-corrected chi connectivity index (χ1v) is 9.21. The van der Waals surface area contributed by atoms with Crippen molar-refractivity contribution in [2.24, 2.45) is 5.92 Å². The summed E-state index contributed by atoms with van der Waals surface area (Å²) in [7, 11) is -2.91. The molecule has 3 rings (SSSR count). The Morgan fingerprint density at radius 3 is 3.00 bits per heavy atom. The molecule has 0 bridgehead atoms. The van der Waals surface area contributed by atoms with Gasteiger partial charge in [-0.15, -0.1) is 0 Å². The van der Waals surface area contributed by atoms with E-state index in [-0.39, 0.29) is 29.8 Å². The maximum absolute atomic E-state index is 12.0. The van der Waals surface area contributed by atoms with Gasteiger partial charge in [0.1, 0.15) is 0 Å². The van der Waals surface area contributed by atoms with Gasteiger partial charge in [0.15, 0.2) is 9.84 Å². The summed E-state index contributed by atoms with van der Waals surface area (Å²) in [6.07, 6.45) is 3.01. The van der Waals surface area contributed by atoms with Crippen molar-refractivity contribution in [2.45, 2.75) is 25.7 Å². The van der Waals surface area contributed by atoms with Crippen LogP contribution >= 0.6 is 0 Å². The van der Waals surface area contributed by atoms with Crippen molar-refractivity contribution in [3.63, 3.8) is 0 Å². The Morgan fingerprint density at radius 1 is 1.38 bits per heavy atom. The van der Waals surface area contributed by atoms with E-state index < -0.39 is 9.84 Å². The lowest BCUT2D eigenvalue weighted by atomic mass is 10.0. The second-order valence-electron chi connectivity index (χ2n) is 5.92.